The Morgan fingerprint density at radius 3 is 2.53 bits per heavy atom. The normalized spacial score (nSPS) is 11.5. The van der Waals surface area contributed by atoms with Crippen molar-refractivity contribution in [2.45, 2.75) is 11.8 Å². The minimum atomic E-state index is -3.73. The van der Waals surface area contributed by atoms with Gasteiger partial charge in [0.15, 0.2) is 0 Å². The average molecular weight is 449 g/mol. The van der Waals surface area contributed by atoms with Crippen molar-refractivity contribution in [2.24, 2.45) is 0 Å². The number of benzene rings is 2. The zero-order valence-corrected chi connectivity index (χ0v) is 18.4. The molecule has 1 aromatic heterocycles. The summed E-state index contributed by atoms with van der Waals surface area (Å²) in [4.78, 5) is 12.5. The molecule has 2 aromatic carbocycles. The van der Waals surface area contributed by atoms with Crippen LogP contribution in [0.3, 0.4) is 0 Å². The van der Waals surface area contributed by atoms with Crippen molar-refractivity contribution in [3.8, 4) is 17.0 Å². The Kier molecular flexibility index (Phi) is 6.16. The molecule has 3 rings (SSSR count). The first kappa shape index (κ1) is 21.8. The fourth-order valence-corrected chi connectivity index (χ4v) is 3.94. The standard InChI is InChI=1S/C20H21ClN4O4S/c1-12-5-7-14(10-15(12)21)22-20(26)17-11-16(23-24-17)13-6-8-18(29-4)19(9-13)30(27,28)25(2)3/h5-11H,1-4H3,(H,22,26)(H,23,24). The van der Waals surface area contributed by atoms with Gasteiger partial charge in [-0.2, -0.15) is 5.10 Å². The van der Waals surface area contributed by atoms with Crippen LogP contribution in [0.4, 0.5) is 5.69 Å². The van der Waals surface area contributed by atoms with Crippen LogP contribution in [-0.4, -0.2) is 50.0 Å². The monoisotopic (exact) mass is 448 g/mol. The van der Waals surface area contributed by atoms with E-state index in [2.05, 4.69) is 15.5 Å². The van der Waals surface area contributed by atoms with Crippen LogP contribution in [0, 0.1) is 6.92 Å². The molecule has 1 heterocycles. The number of aromatic nitrogens is 2. The van der Waals surface area contributed by atoms with E-state index in [0.29, 0.717) is 22.0 Å². The number of aryl methyl sites for hydroxylation is 1. The van der Waals surface area contributed by atoms with Gasteiger partial charge in [0, 0.05) is 30.4 Å². The van der Waals surface area contributed by atoms with Gasteiger partial charge >= 0.3 is 0 Å². The number of ether oxygens (including phenoxy) is 1. The van der Waals surface area contributed by atoms with Gasteiger partial charge in [0.1, 0.15) is 16.3 Å². The van der Waals surface area contributed by atoms with Gasteiger partial charge in [-0.3, -0.25) is 9.89 Å². The van der Waals surface area contributed by atoms with Gasteiger partial charge in [0.2, 0.25) is 10.0 Å². The maximum atomic E-state index is 12.6. The third kappa shape index (κ3) is 4.33. The van der Waals surface area contributed by atoms with Crippen LogP contribution in [0.2, 0.25) is 5.02 Å². The lowest BCUT2D eigenvalue weighted by Gasteiger charge is -2.15. The highest BCUT2D eigenvalue weighted by atomic mass is 35.5. The van der Waals surface area contributed by atoms with Crippen molar-refractivity contribution in [1.29, 1.82) is 0 Å². The summed E-state index contributed by atoms with van der Waals surface area (Å²) in [7, 11) is 0.552. The number of H-pyrrole nitrogens is 1. The summed E-state index contributed by atoms with van der Waals surface area (Å²) in [5.41, 5.74) is 2.61. The summed E-state index contributed by atoms with van der Waals surface area (Å²) in [5.74, 6) is -0.180. The summed E-state index contributed by atoms with van der Waals surface area (Å²) < 4.78 is 31.5. The van der Waals surface area contributed by atoms with Crippen LogP contribution < -0.4 is 10.1 Å². The fourth-order valence-electron chi connectivity index (χ4n) is 2.69. The predicted molar refractivity (Wildman–Crippen MR) is 116 cm³/mol. The first-order valence-corrected chi connectivity index (χ1v) is 10.7. The Balaban J connectivity index is 1.90. The second-order valence-corrected chi connectivity index (χ2v) is 9.27. The summed E-state index contributed by atoms with van der Waals surface area (Å²) in [6, 6.07) is 11.4. The van der Waals surface area contributed by atoms with Crippen molar-refractivity contribution in [2.75, 3.05) is 26.5 Å². The van der Waals surface area contributed by atoms with E-state index >= 15 is 0 Å². The SMILES string of the molecule is COc1ccc(-c2cc(C(=O)Nc3ccc(C)c(Cl)c3)[nH]n2)cc1S(=O)(=O)N(C)C. The number of nitrogens with zero attached hydrogens (tertiary/aromatic N) is 2. The van der Waals surface area contributed by atoms with E-state index in [1.54, 1.807) is 36.4 Å². The number of anilines is 1. The Morgan fingerprint density at radius 2 is 1.90 bits per heavy atom. The molecule has 10 heteroatoms. The number of carbonyl (C=O) groups is 1. The van der Waals surface area contributed by atoms with Gasteiger partial charge in [0.25, 0.3) is 5.91 Å². The predicted octanol–water partition coefficient (Wildman–Crippen LogP) is 3.55. The largest absolute Gasteiger partial charge is 0.495 e. The average Bonchev–Trinajstić information content (AvgIpc) is 3.20. The van der Waals surface area contributed by atoms with Crippen LogP contribution in [0.15, 0.2) is 47.4 Å². The molecule has 3 aromatic rings. The van der Waals surface area contributed by atoms with E-state index in [1.807, 2.05) is 6.92 Å². The van der Waals surface area contributed by atoms with Crippen molar-refractivity contribution < 1.29 is 17.9 Å². The van der Waals surface area contributed by atoms with Gasteiger partial charge in [-0.15, -0.1) is 0 Å². The lowest BCUT2D eigenvalue weighted by molar-refractivity contribution is 0.102. The minimum absolute atomic E-state index is 0.01000. The third-order valence-electron chi connectivity index (χ3n) is 4.47. The molecular weight excluding hydrogens is 428 g/mol. The molecule has 2 N–H and O–H groups in total. The molecule has 0 spiro atoms. The van der Waals surface area contributed by atoms with Gasteiger partial charge in [-0.25, -0.2) is 12.7 Å². The number of halogens is 1. The van der Waals surface area contributed by atoms with Gasteiger partial charge in [0.05, 0.1) is 12.8 Å². The number of nitrogens with one attached hydrogen (secondary N) is 2. The Labute approximate surface area is 179 Å². The number of methoxy groups -OCH3 is 1. The molecule has 1 amide bonds. The zero-order valence-electron chi connectivity index (χ0n) is 16.9. The van der Waals surface area contributed by atoms with Crippen LogP contribution in [0.5, 0.6) is 5.75 Å². The zero-order chi connectivity index (χ0) is 22.1. The van der Waals surface area contributed by atoms with Crippen LogP contribution in [0.1, 0.15) is 16.1 Å². The number of sulfonamides is 1. The maximum Gasteiger partial charge on any atom is 0.273 e. The molecule has 158 valence electrons. The first-order chi connectivity index (χ1) is 14.1. The maximum absolute atomic E-state index is 12.6. The molecule has 0 unspecified atom stereocenters. The van der Waals surface area contributed by atoms with E-state index in [4.69, 9.17) is 16.3 Å². The number of aromatic amines is 1. The van der Waals surface area contributed by atoms with Gasteiger partial charge < -0.3 is 10.1 Å². The van der Waals surface area contributed by atoms with E-state index < -0.39 is 15.9 Å². The fraction of sp³-hybridized carbons (Fsp3) is 0.200. The quantitative estimate of drug-likeness (QED) is 0.600. The Morgan fingerprint density at radius 1 is 1.17 bits per heavy atom. The highest BCUT2D eigenvalue weighted by molar-refractivity contribution is 7.89. The first-order valence-electron chi connectivity index (χ1n) is 8.87. The number of hydrogen-bond acceptors (Lipinski definition) is 5. The summed E-state index contributed by atoms with van der Waals surface area (Å²) in [6.07, 6.45) is 0. The van der Waals surface area contributed by atoms with E-state index in [9.17, 15) is 13.2 Å². The van der Waals surface area contributed by atoms with E-state index in [1.165, 1.54) is 27.3 Å². The highest BCUT2D eigenvalue weighted by Gasteiger charge is 2.23. The molecule has 0 aliphatic carbocycles. The van der Waals surface area contributed by atoms with Crippen molar-refractivity contribution in [3.63, 3.8) is 0 Å². The topological polar surface area (TPSA) is 104 Å². The molecule has 0 fully saturated rings. The number of rotatable bonds is 6. The van der Waals surface area contributed by atoms with Crippen molar-refractivity contribution in [3.05, 3.63) is 58.7 Å². The molecule has 0 atom stereocenters. The second-order valence-electron chi connectivity index (χ2n) is 6.74. The molecule has 8 nitrogen and oxygen atoms in total. The molecular formula is C20H21ClN4O4S. The molecule has 0 saturated carbocycles. The molecule has 30 heavy (non-hydrogen) atoms. The lowest BCUT2D eigenvalue weighted by Crippen LogP contribution is -2.22. The second kappa shape index (κ2) is 8.47. The summed E-state index contributed by atoms with van der Waals surface area (Å²) in [5, 5.41) is 10.1. The molecule has 0 saturated heterocycles. The Bertz CT molecular complexity index is 1210. The number of hydrogen-bond donors (Lipinski definition) is 2. The number of amides is 1. The minimum Gasteiger partial charge on any atom is -0.495 e. The molecule has 0 aliphatic rings. The lowest BCUT2D eigenvalue weighted by atomic mass is 10.1. The molecule has 0 radical (unpaired) electrons. The molecule has 0 bridgehead atoms. The van der Waals surface area contributed by atoms with Crippen LogP contribution in [0.25, 0.3) is 11.3 Å². The molecule has 0 aliphatic heterocycles. The number of carbonyl (C=O) groups excluding carboxylic acids is 1. The van der Waals surface area contributed by atoms with Gasteiger partial charge in [-0.05, 0) is 48.9 Å². The third-order valence-corrected chi connectivity index (χ3v) is 6.71. The van der Waals surface area contributed by atoms with E-state index in [0.717, 1.165) is 9.87 Å². The van der Waals surface area contributed by atoms with Crippen molar-refractivity contribution >= 4 is 33.2 Å². The van der Waals surface area contributed by atoms with Crippen LogP contribution in [-0.2, 0) is 10.0 Å². The van der Waals surface area contributed by atoms with Gasteiger partial charge in [-0.1, -0.05) is 17.7 Å². The van der Waals surface area contributed by atoms with Crippen LogP contribution >= 0.6 is 11.6 Å². The highest BCUT2D eigenvalue weighted by Crippen LogP contribution is 2.31. The summed E-state index contributed by atoms with van der Waals surface area (Å²) in [6.45, 7) is 1.87. The van der Waals surface area contributed by atoms with Crippen molar-refractivity contribution in [1.82, 2.24) is 14.5 Å². The smallest absolute Gasteiger partial charge is 0.273 e. The Hall–Kier alpha value is -2.88. The summed E-state index contributed by atoms with van der Waals surface area (Å²) >= 11 is 6.09. The van der Waals surface area contributed by atoms with E-state index in [-0.39, 0.29) is 16.3 Å².